The molecule has 0 aromatic heterocycles. The average molecular weight is 378 g/mol. The molecule has 0 aliphatic carbocycles. The van der Waals surface area contributed by atoms with Gasteiger partial charge in [0.2, 0.25) is 0 Å². The van der Waals surface area contributed by atoms with Gasteiger partial charge in [-0.3, -0.25) is 4.79 Å². The van der Waals surface area contributed by atoms with Crippen molar-refractivity contribution in [1.29, 1.82) is 0 Å². The first-order valence-corrected chi connectivity index (χ1v) is 9.23. The number of nitrogens with zero attached hydrogens (tertiary/aromatic N) is 1. The molecule has 0 radical (unpaired) electrons. The summed E-state index contributed by atoms with van der Waals surface area (Å²) < 4.78 is 27.5. The third-order valence-corrected chi connectivity index (χ3v) is 5.08. The molecule has 3 nitrogen and oxygen atoms in total. The first-order valence-electron chi connectivity index (χ1n) is 9.23. The van der Waals surface area contributed by atoms with E-state index in [-0.39, 0.29) is 17.6 Å². The molecule has 0 spiro atoms. The molecule has 0 bridgehead atoms. The van der Waals surface area contributed by atoms with Crippen molar-refractivity contribution in [3.05, 3.63) is 95.6 Å². The number of fused-ring (bicyclic) bond motifs is 1. The van der Waals surface area contributed by atoms with Crippen LogP contribution in [0.1, 0.15) is 35.3 Å². The van der Waals surface area contributed by atoms with Crippen LogP contribution < -0.4 is 10.2 Å². The third-order valence-electron chi connectivity index (χ3n) is 5.08. The fourth-order valence-corrected chi connectivity index (χ4v) is 3.79. The van der Waals surface area contributed by atoms with Gasteiger partial charge >= 0.3 is 0 Å². The number of nitrogens with one attached hydrogen (secondary N) is 1. The lowest BCUT2D eigenvalue weighted by atomic mass is 9.90. The number of hydrogen-bond acceptors (Lipinski definition) is 2. The van der Waals surface area contributed by atoms with Crippen LogP contribution in [0.4, 0.5) is 20.2 Å². The van der Waals surface area contributed by atoms with E-state index in [0.717, 1.165) is 29.1 Å². The number of hydrogen-bond donors (Lipinski definition) is 1. The van der Waals surface area contributed by atoms with E-state index in [1.54, 1.807) is 4.90 Å². The summed E-state index contributed by atoms with van der Waals surface area (Å²) in [6, 6.07) is 20.4. The Balaban J connectivity index is 1.71. The molecule has 1 heterocycles. The summed E-state index contributed by atoms with van der Waals surface area (Å²) in [6.07, 6.45) is 0.667. The summed E-state index contributed by atoms with van der Waals surface area (Å²) in [5.41, 5.74) is 2.58. The number of rotatable bonds is 3. The number of amides is 1. The van der Waals surface area contributed by atoms with Crippen LogP contribution in [-0.4, -0.2) is 11.9 Å². The normalized spacial score (nSPS) is 18.5. The van der Waals surface area contributed by atoms with Gasteiger partial charge in [0.1, 0.15) is 11.6 Å². The van der Waals surface area contributed by atoms with Crippen LogP contribution in [-0.2, 0) is 0 Å². The van der Waals surface area contributed by atoms with Gasteiger partial charge in [-0.1, -0.05) is 36.4 Å². The maximum Gasteiger partial charge on any atom is 0.261 e. The summed E-state index contributed by atoms with van der Waals surface area (Å²) in [6.45, 7) is 1.94. The topological polar surface area (TPSA) is 32.3 Å². The van der Waals surface area contributed by atoms with Gasteiger partial charge in [-0.2, -0.15) is 0 Å². The zero-order valence-electron chi connectivity index (χ0n) is 15.4. The van der Waals surface area contributed by atoms with Gasteiger partial charge in [-0.15, -0.1) is 0 Å². The second kappa shape index (κ2) is 7.43. The minimum Gasteiger partial charge on any atom is -0.378 e. The Labute approximate surface area is 162 Å². The zero-order chi connectivity index (χ0) is 19.7. The number of para-hydroxylation sites is 2. The highest BCUT2D eigenvalue weighted by Crippen LogP contribution is 2.39. The maximum atomic E-state index is 14.2. The Morgan fingerprint density at radius 1 is 1.00 bits per heavy atom. The monoisotopic (exact) mass is 378 g/mol. The van der Waals surface area contributed by atoms with Gasteiger partial charge in [0, 0.05) is 23.5 Å². The predicted octanol–water partition coefficient (Wildman–Crippen LogP) is 5.56. The molecule has 2 atom stereocenters. The number of anilines is 2. The molecule has 28 heavy (non-hydrogen) atoms. The van der Waals surface area contributed by atoms with E-state index < -0.39 is 17.5 Å². The fraction of sp³-hybridized carbons (Fsp3) is 0.174. The summed E-state index contributed by atoms with van der Waals surface area (Å²) >= 11 is 0. The largest absolute Gasteiger partial charge is 0.378 e. The van der Waals surface area contributed by atoms with Crippen LogP contribution >= 0.6 is 0 Å². The van der Waals surface area contributed by atoms with Gasteiger partial charge in [-0.25, -0.2) is 8.78 Å². The van der Waals surface area contributed by atoms with Gasteiger partial charge in [-0.05, 0) is 49.2 Å². The maximum absolute atomic E-state index is 14.2. The van der Waals surface area contributed by atoms with Gasteiger partial charge < -0.3 is 10.2 Å². The highest BCUT2D eigenvalue weighted by atomic mass is 19.1. The van der Waals surface area contributed by atoms with E-state index in [9.17, 15) is 13.6 Å². The smallest absolute Gasteiger partial charge is 0.261 e. The lowest BCUT2D eigenvalue weighted by Crippen LogP contribution is -2.44. The lowest BCUT2D eigenvalue weighted by Gasteiger charge is -2.40. The van der Waals surface area contributed by atoms with Crippen molar-refractivity contribution >= 4 is 17.3 Å². The number of carbonyl (C=O) groups is 1. The first-order chi connectivity index (χ1) is 13.5. The van der Waals surface area contributed by atoms with E-state index in [1.807, 2.05) is 61.5 Å². The van der Waals surface area contributed by atoms with Crippen molar-refractivity contribution in [2.75, 3.05) is 10.2 Å². The van der Waals surface area contributed by atoms with Gasteiger partial charge in [0.15, 0.2) is 0 Å². The van der Waals surface area contributed by atoms with E-state index in [2.05, 4.69) is 5.32 Å². The number of benzene rings is 3. The van der Waals surface area contributed by atoms with Crippen LogP contribution in [0.5, 0.6) is 0 Å². The lowest BCUT2D eigenvalue weighted by molar-refractivity contribution is 0.0970. The standard InChI is InChI=1S/C23H20F2N2O/c1-15-13-21(26-17-7-3-2-4-8-17)19-9-5-6-10-22(19)27(15)23(28)18-12-11-16(24)14-20(18)25/h2-12,14-15,21,26H,13H2,1H3/t15-,21-/m1/s1. The minimum absolute atomic E-state index is 0.0238. The highest BCUT2D eigenvalue weighted by molar-refractivity contribution is 6.07. The molecule has 1 aliphatic heterocycles. The van der Waals surface area contributed by atoms with E-state index in [4.69, 9.17) is 0 Å². The average Bonchev–Trinajstić information content (AvgIpc) is 2.68. The van der Waals surface area contributed by atoms with Crippen LogP contribution in [0.2, 0.25) is 0 Å². The van der Waals surface area contributed by atoms with Crippen LogP contribution in [0, 0.1) is 11.6 Å². The second-order valence-electron chi connectivity index (χ2n) is 7.01. The summed E-state index contributed by atoms with van der Waals surface area (Å²) in [4.78, 5) is 14.7. The number of carbonyl (C=O) groups excluding carboxylic acids is 1. The van der Waals surface area contributed by atoms with Crippen LogP contribution in [0.25, 0.3) is 0 Å². The molecule has 3 aromatic rings. The van der Waals surface area contributed by atoms with Crippen molar-refractivity contribution < 1.29 is 13.6 Å². The van der Waals surface area contributed by atoms with Crippen molar-refractivity contribution in [2.45, 2.75) is 25.4 Å². The quantitative estimate of drug-likeness (QED) is 0.647. The second-order valence-corrected chi connectivity index (χ2v) is 7.01. The molecule has 1 amide bonds. The van der Waals surface area contributed by atoms with Crippen LogP contribution in [0.15, 0.2) is 72.8 Å². The third kappa shape index (κ3) is 3.36. The zero-order valence-corrected chi connectivity index (χ0v) is 15.4. The van der Waals surface area contributed by atoms with Gasteiger partial charge in [0.05, 0.1) is 11.6 Å². The molecule has 1 aliphatic rings. The van der Waals surface area contributed by atoms with Gasteiger partial charge in [0.25, 0.3) is 5.91 Å². The van der Waals surface area contributed by atoms with Crippen molar-refractivity contribution in [3.8, 4) is 0 Å². The summed E-state index contributed by atoms with van der Waals surface area (Å²) in [7, 11) is 0. The molecule has 0 saturated carbocycles. The summed E-state index contributed by atoms with van der Waals surface area (Å²) in [5.74, 6) is -2.01. The van der Waals surface area contributed by atoms with Crippen molar-refractivity contribution in [1.82, 2.24) is 0 Å². The molecule has 0 unspecified atom stereocenters. The Kier molecular flexibility index (Phi) is 4.82. The summed E-state index contributed by atoms with van der Waals surface area (Å²) in [5, 5.41) is 3.52. The Morgan fingerprint density at radius 3 is 2.46 bits per heavy atom. The minimum atomic E-state index is -0.848. The van der Waals surface area contributed by atoms with E-state index in [0.29, 0.717) is 6.42 Å². The molecule has 3 aromatic carbocycles. The number of halogens is 2. The SMILES string of the molecule is C[C@@H]1C[C@@H](Nc2ccccc2)c2ccccc2N1C(=O)c1ccc(F)cc1F. The van der Waals surface area contributed by atoms with Crippen molar-refractivity contribution in [3.63, 3.8) is 0 Å². The molecule has 142 valence electrons. The Bertz CT molecular complexity index is 1010. The van der Waals surface area contributed by atoms with E-state index in [1.165, 1.54) is 6.07 Å². The van der Waals surface area contributed by atoms with Crippen LogP contribution in [0.3, 0.4) is 0 Å². The molecule has 0 fully saturated rings. The molecular formula is C23H20F2N2O. The highest BCUT2D eigenvalue weighted by Gasteiger charge is 2.34. The first kappa shape index (κ1) is 18.2. The molecule has 0 saturated heterocycles. The van der Waals surface area contributed by atoms with Crippen molar-refractivity contribution in [2.24, 2.45) is 0 Å². The predicted molar refractivity (Wildman–Crippen MR) is 106 cm³/mol. The molecular weight excluding hydrogens is 358 g/mol. The van der Waals surface area contributed by atoms with E-state index >= 15 is 0 Å². The molecule has 5 heteroatoms. The Morgan fingerprint density at radius 2 is 1.71 bits per heavy atom. The fourth-order valence-electron chi connectivity index (χ4n) is 3.79. The molecule has 1 N–H and O–H groups in total. The Hall–Kier alpha value is -3.21. The molecule has 4 rings (SSSR count).